The number of carbonyl (C=O) groups is 4. The Kier molecular flexibility index (Phi) is 8.65. The van der Waals surface area contributed by atoms with Crippen LogP contribution in [0.4, 0.5) is 4.79 Å². The summed E-state index contributed by atoms with van der Waals surface area (Å²) in [4.78, 5) is 51.6. The number of benzene rings is 5. The summed E-state index contributed by atoms with van der Waals surface area (Å²) < 4.78 is 17.6. The molecule has 2 amide bonds. The number of phenols is 2. The van der Waals surface area contributed by atoms with Gasteiger partial charge in [-0.25, -0.2) is 14.4 Å². The third kappa shape index (κ3) is 5.91. The molecule has 2 aliphatic heterocycles. The normalized spacial score (nSPS) is 14.7. The Hall–Kier alpha value is -6.82. The molecule has 12 heteroatoms. The first kappa shape index (κ1) is 34.3. The number of amides is 2. The second kappa shape index (κ2) is 13.6. The number of hydrogen-bond acceptors (Lipinski definition) is 9. The first-order valence-corrected chi connectivity index (χ1v) is 17.5. The molecule has 54 heavy (non-hydrogen) atoms. The van der Waals surface area contributed by atoms with Gasteiger partial charge in [-0.2, -0.15) is 0 Å². The molecule has 8 rings (SSSR count). The van der Waals surface area contributed by atoms with E-state index in [4.69, 9.17) is 14.2 Å². The van der Waals surface area contributed by atoms with Crippen molar-refractivity contribution >= 4 is 23.9 Å². The van der Waals surface area contributed by atoms with Gasteiger partial charge in [0.15, 0.2) is 5.60 Å². The lowest BCUT2D eigenvalue weighted by atomic mass is 9.77. The van der Waals surface area contributed by atoms with Gasteiger partial charge in [-0.1, -0.05) is 48.5 Å². The average molecular weight is 727 g/mol. The lowest BCUT2D eigenvalue weighted by Gasteiger charge is -2.36. The van der Waals surface area contributed by atoms with Crippen molar-refractivity contribution in [2.75, 3.05) is 13.2 Å². The van der Waals surface area contributed by atoms with E-state index in [2.05, 4.69) is 22.8 Å². The highest BCUT2D eigenvalue weighted by Crippen LogP contribution is 2.57. The SMILES string of the molecule is O=C(NCCCCC(NC(=O)c1ccc2c(c1)C1(OC2=O)c2ccc(O)cc2Oc2cc(O)ccc21)C(=O)O)OCC1c2ccccc2-c2ccccc21. The Bertz CT molecular complexity index is 2260. The number of rotatable bonds is 10. The van der Waals surface area contributed by atoms with Gasteiger partial charge in [-0.3, -0.25) is 4.79 Å². The number of fused-ring (bicyclic) bond motifs is 9. The largest absolute Gasteiger partial charge is 0.508 e. The number of unbranched alkanes of at least 4 members (excludes halogenated alkanes) is 1. The van der Waals surface area contributed by atoms with E-state index in [-0.39, 0.29) is 59.6 Å². The summed E-state index contributed by atoms with van der Waals surface area (Å²) in [5.74, 6) is -2.47. The van der Waals surface area contributed by atoms with Crippen molar-refractivity contribution in [3.05, 3.63) is 142 Å². The quantitative estimate of drug-likeness (QED) is 0.0782. The van der Waals surface area contributed by atoms with Crippen LogP contribution in [-0.4, -0.2) is 58.5 Å². The van der Waals surface area contributed by atoms with Gasteiger partial charge >= 0.3 is 18.0 Å². The van der Waals surface area contributed by atoms with E-state index < -0.39 is 35.6 Å². The number of esters is 1. The van der Waals surface area contributed by atoms with E-state index in [9.17, 15) is 34.5 Å². The van der Waals surface area contributed by atoms with Gasteiger partial charge in [-0.15, -0.1) is 0 Å². The lowest BCUT2D eigenvalue weighted by molar-refractivity contribution is -0.139. The fourth-order valence-corrected chi connectivity index (χ4v) is 7.65. The number of nitrogens with one attached hydrogen (secondary N) is 2. The minimum Gasteiger partial charge on any atom is -0.508 e. The molecule has 5 aromatic carbocycles. The Morgan fingerprint density at radius 3 is 2.02 bits per heavy atom. The Balaban J connectivity index is 0.905. The summed E-state index contributed by atoms with van der Waals surface area (Å²) in [5.41, 5.74) is 4.25. The Labute approximate surface area is 308 Å². The maximum Gasteiger partial charge on any atom is 0.407 e. The first-order chi connectivity index (χ1) is 26.1. The number of carboxylic acid groups (broad SMARTS) is 1. The molecule has 0 saturated heterocycles. The van der Waals surface area contributed by atoms with Crippen molar-refractivity contribution in [1.29, 1.82) is 0 Å². The van der Waals surface area contributed by atoms with E-state index in [1.165, 1.54) is 42.5 Å². The second-order valence-electron chi connectivity index (χ2n) is 13.4. The van der Waals surface area contributed by atoms with Gasteiger partial charge in [0, 0.05) is 46.8 Å². The van der Waals surface area contributed by atoms with Crippen LogP contribution in [0.2, 0.25) is 0 Å². The summed E-state index contributed by atoms with van der Waals surface area (Å²) in [7, 11) is 0. The molecule has 0 fully saturated rings. The van der Waals surface area contributed by atoms with E-state index in [1.54, 1.807) is 12.1 Å². The minimum absolute atomic E-state index is 0.0699. The van der Waals surface area contributed by atoms with Crippen molar-refractivity contribution in [3.63, 3.8) is 0 Å². The zero-order chi connectivity index (χ0) is 37.6. The highest BCUT2D eigenvalue weighted by atomic mass is 16.6. The van der Waals surface area contributed by atoms with Crippen LogP contribution in [-0.2, 0) is 19.9 Å². The van der Waals surface area contributed by atoms with Crippen molar-refractivity contribution in [1.82, 2.24) is 10.6 Å². The third-order valence-corrected chi connectivity index (χ3v) is 10.2. The number of ether oxygens (including phenoxy) is 3. The van der Waals surface area contributed by atoms with Crippen LogP contribution < -0.4 is 15.4 Å². The van der Waals surface area contributed by atoms with Crippen molar-refractivity contribution in [2.45, 2.75) is 36.8 Å². The molecule has 5 N–H and O–H groups in total. The number of carboxylic acids is 1. The lowest BCUT2D eigenvalue weighted by Crippen LogP contribution is -2.41. The van der Waals surface area contributed by atoms with Gasteiger partial charge in [0.2, 0.25) is 0 Å². The zero-order valence-electron chi connectivity index (χ0n) is 28.7. The van der Waals surface area contributed by atoms with Gasteiger partial charge in [-0.05, 0) is 84.0 Å². The molecule has 1 aliphatic carbocycles. The summed E-state index contributed by atoms with van der Waals surface area (Å²) in [6, 6.07) is 27.9. The van der Waals surface area contributed by atoms with Crippen molar-refractivity contribution in [2.24, 2.45) is 0 Å². The molecule has 2 heterocycles. The molecule has 1 spiro atoms. The molecule has 0 radical (unpaired) electrons. The number of phenolic OH excluding ortho intramolecular Hbond substituents is 2. The topological polar surface area (TPSA) is 181 Å². The van der Waals surface area contributed by atoms with Crippen molar-refractivity contribution < 1.29 is 48.7 Å². The monoisotopic (exact) mass is 726 g/mol. The molecule has 5 aromatic rings. The van der Waals surface area contributed by atoms with Crippen LogP contribution >= 0.6 is 0 Å². The first-order valence-electron chi connectivity index (χ1n) is 17.5. The summed E-state index contributed by atoms with van der Waals surface area (Å²) in [6.07, 6.45) is 0.343. The second-order valence-corrected chi connectivity index (χ2v) is 13.4. The number of aromatic hydroxyl groups is 2. The molecular formula is C42H34N2O10. The van der Waals surface area contributed by atoms with E-state index in [1.807, 2.05) is 36.4 Å². The molecule has 0 aromatic heterocycles. The van der Waals surface area contributed by atoms with E-state index >= 15 is 0 Å². The molecule has 1 unspecified atom stereocenters. The maximum atomic E-state index is 13.5. The van der Waals surface area contributed by atoms with Crippen LogP contribution in [0.25, 0.3) is 11.1 Å². The standard InChI is InChI=1S/C42H34N2O10/c45-24-13-16-32-36(20-24)53-37-21-25(46)14-17-33(37)42(32)34-19-23(12-15-30(34)40(50)54-42)38(47)44-35(39(48)49)11-5-6-18-43-41(51)52-22-31-28-9-3-1-7-26(28)27-8-2-4-10-29(27)31/h1-4,7-10,12-17,19-21,31,35,45-46H,5-6,11,18,22H2,(H,43,51)(H,44,47)(H,48,49). The fraction of sp³-hybridized carbons (Fsp3) is 0.190. The minimum atomic E-state index is -1.58. The predicted molar refractivity (Wildman–Crippen MR) is 194 cm³/mol. The molecular weight excluding hydrogens is 692 g/mol. The van der Waals surface area contributed by atoms with Crippen LogP contribution in [0.5, 0.6) is 23.0 Å². The highest BCUT2D eigenvalue weighted by Gasteiger charge is 2.54. The predicted octanol–water partition coefficient (Wildman–Crippen LogP) is 6.56. The summed E-state index contributed by atoms with van der Waals surface area (Å²) in [5, 5.41) is 35.6. The van der Waals surface area contributed by atoms with E-state index in [0.29, 0.717) is 29.5 Å². The molecule has 3 aliphatic rings. The average Bonchev–Trinajstić information content (AvgIpc) is 3.64. The summed E-state index contributed by atoms with van der Waals surface area (Å²) >= 11 is 0. The van der Waals surface area contributed by atoms with Gasteiger partial charge in [0.25, 0.3) is 5.91 Å². The maximum absolute atomic E-state index is 13.5. The third-order valence-electron chi connectivity index (χ3n) is 10.2. The number of carbonyl (C=O) groups excluding carboxylic acids is 3. The number of hydrogen-bond donors (Lipinski definition) is 5. The van der Waals surface area contributed by atoms with Gasteiger partial charge in [0.1, 0.15) is 35.6 Å². The zero-order valence-corrected chi connectivity index (χ0v) is 28.7. The molecule has 1 atom stereocenters. The Morgan fingerprint density at radius 2 is 1.39 bits per heavy atom. The van der Waals surface area contributed by atoms with E-state index in [0.717, 1.165) is 22.3 Å². The van der Waals surface area contributed by atoms with Crippen LogP contribution in [0.1, 0.15) is 73.7 Å². The smallest absolute Gasteiger partial charge is 0.407 e. The van der Waals surface area contributed by atoms with Crippen molar-refractivity contribution in [3.8, 4) is 34.1 Å². The molecule has 0 bridgehead atoms. The van der Waals surface area contributed by atoms with Crippen LogP contribution in [0.15, 0.2) is 103 Å². The molecule has 272 valence electrons. The fourth-order valence-electron chi connectivity index (χ4n) is 7.65. The molecule has 0 saturated carbocycles. The number of alkyl carbamates (subject to hydrolysis) is 1. The van der Waals surface area contributed by atoms with Crippen LogP contribution in [0.3, 0.4) is 0 Å². The Morgan fingerprint density at radius 1 is 0.759 bits per heavy atom. The summed E-state index contributed by atoms with van der Waals surface area (Å²) in [6.45, 7) is 0.428. The van der Waals surface area contributed by atoms with Gasteiger partial charge < -0.3 is 40.2 Å². The van der Waals surface area contributed by atoms with Gasteiger partial charge in [0.05, 0.1) is 5.56 Å². The van der Waals surface area contributed by atoms with Crippen LogP contribution in [0, 0.1) is 0 Å². The number of aliphatic carboxylic acids is 1. The highest BCUT2D eigenvalue weighted by molar-refractivity contribution is 6.01. The molecule has 12 nitrogen and oxygen atoms in total.